The minimum atomic E-state index is -3.33. The summed E-state index contributed by atoms with van der Waals surface area (Å²) in [5.74, 6) is 0.298. The van der Waals surface area contributed by atoms with Crippen molar-refractivity contribution in [2.75, 3.05) is 17.6 Å². The molecular formula is C22H30N2O4S. The van der Waals surface area contributed by atoms with Gasteiger partial charge >= 0.3 is 0 Å². The largest absolute Gasteiger partial charge is 0.481 e. The molecule has 0 aliphatic carbocycles. The van der Waals surface area contributed by atoms with Gasteiger partial charge in [-0.1, -0.05) is 30.7 Å². The maximum absolute atomic E-state index is 12.7. The van der Waals surface area contributed by atoms with Crippen molar-refractivity contribution < 1.29 is 17.9 Å². The molecule has 0 aromatic heterocycles. The van der Waals surface area contributed by atoms with Crippen molar-refractivity contribution >= 4 is 21.6 Å². The third kappa shape index (κ3) is 5.97. The minimum absolute atomic E-state index is 0.0834. The second kappa shape index (κ2) is 9.31. The summed E-state index contributed by atoms with van der Waals surface area (Å²) in [5.41, 5.74) is 3.97. The Labute approximate surface area is 173 Å². The fraction of sp³-hybridized carbons (Fsp3) is 0.409. The summed E-state index contributed by atoms with van der Waals surface area (Å²) in [7, 11) is -1.84. The number of nitrogens with zero attached hydrogens (tertiary/aromatic N) is 1. The summed E-state index contributed by atoms with van der Waals surface area (Å²) in [5, 5.41) is 3.06. The van der Waals surface area contributed by atoms with Gasteiger partial charge in [-0.3, -0.25) is 9.10 Å². The average molecular weight is 419 g/mol. The van der Waals surface area contributed by atoms with Crippen LogP contribution in [0.25, 0.3) is 0 Å². The Kier molecular flexibility index (Phi) is 7.30. The SMILES string of the molecule is CCC(NC(=O)C(C)Oc1ccc(N(C)S(C)(=O)=O)cc1)c1ccc(C)cc1C. The lowest BCUT2D eigenvalue weighted by Gasteiger charge is -2.23. The van der Waals surface area contributed by atoms with Crippen LogP contribution < -0.4 is 14.4 Å². The molecule has 0 heterocycles. The molecule has 0 saturated carbocycles. The first-order chi connectivity index (χ1) is 13.5. The van der Waals surface area contributed by atoms with E-state index < -0.39 is 16.1 Å². The van der Waals surface area contributed by atoms with Gasteiger partial charge in [0.05, 0.1) is 18.0 Å². The molecule has 1 N–H and O–H groups in total. The number of nitrogens with one attached hydrogen (secondary N) is 1. The van der Waals surface area contributed by atoms with Gasteiger partial charge in [-0.05, 0) is 62.6 Å². The van der Waals surface area contributed by atoms with Crippen molar-refractivity contribution in [3.8, 4) is 5.75 Å². The van der Waals surface area contributed by atoms with Crippen molar-refractivity contribution in [3.05, 3.63) is 59.2 Å². The lowest BCUT2D eigenvalue weighted by molar-refractivity contribution is -0.128. The van der Waals surface area contributed by atoms with Crippen LogP contribution in [0.15, 0.2) is 42.5 Å². The molecule has 2 aromatic carbocycles. The number of amides is 1. The number of hydrogen-bond acceptors (Lipinski definition) is 4. The molecule has 2 rings (SSSR count). The van der Waals surface area contributed by atoms with Gasteiger partial charge < -0.3 is 10.1 Å². The Morgan fingerprint density at radius 2 is 1.76 bits per heavy atom. The Morgan fingerprint density at radius 1 is 1.14 bits per heavy atom. The van der Waals surface area contributed by atoms with E-state index >= 15 is 0 Å². The molecular weight excluding hydrogens is 388 g/mol. The molecule has 0 fully saturated rings. The number of sulfonamides is 1. The van der Waals surface area contributed by atoms with Gasteiger partial charge in [0, 0.05) is 7.05 Å². The Balaban J connectivity index is 2.04. The molecule has 7 heteroatoms. The van der Waals surface area contributed by atoms with Crippen molar-refractivity contribution in [2.45, 2.75) is 46.3 Å². The maximum atomic E-state index is 12.7. The van der Waals surface area contributed by atoms with E-state index in [2.05, 4.69) is 17.4 Å². The van der Waals surface area contributed by atoms with Crippen molar-refractivity contribution in [1.29, 1.82) is 0 Å². The van der Waals surface area contributed by atoms with Crippen molar-refractivity contribution in [2.24, 2.45) is 0 Å². The topological polar surface area (TPSA) is 75.7 Å². The van der Waals surface area contributed by atoms with Crippen LogP contribution >= 0.6 is 0 Å². The van der Waals surface area contributed by atoms with Gasteiger partial charge in [-0.25, -0.2) is 8.42 Å². The second-order valence-electron chi connectivity index (χ2n) is 7.31. The van der Waals surface area contributed by atoms with E-state index in [1.807, 2.05) is 26.8 Å². The number of anilines is 1. The molecule has 0 saturated heterocycles. The minimum Gasteiger partial charge on any atom is -0.481 e. The van der Waals surface area contributed by atoms with Crippen LogP contribution in [0.5, 0.6) is 5.75 Å². The molecule has 0 aliphatic rings. The predicted octanol–water partition coefficient (Wildman–Crippen LogP) is 3.73. The van der Waals surface area contributed by atoms with Gasteiger partial charge in [0.2, 0.25) is 10.0 Å². The smallest absolute Gasteiger partial charge is 0.261 e. The standard InChI is InChI=1S/C22H30N2O4S/c1-7-21(20-13-8-15(2)14-16(20)3)23-22(25)17(4)28-19-11-9-18(10-12-19)24(5)29(6,26)27/h8-14,17,21H,7H2,1-6H3,(H,23,25). The second-order valence-corrected chi connectivity index (χ2v) is 9.33. The zero-order valence-corrected chi connectivity index (χ0v) is 18.7. The molecule has 29 heavy (non-hydrogen) atoms. The van der Waals surface area contributed by atoms with Crippen LogP contribution in [-0.4, -0.2) is 33.7 Å². The fourth-order valence-electron chi connectivity index (χ4n) is 3.09. The molecule has 6 nitrogen and oxygen atoms in total. The first kappa shape index (κ1) is 22.7. The summed E-state index contributed by atoms with van der Waals surface area (Å²) in [6, 6.07) is 12.7. The molecule has 158 valence electrons. The van der Waals surface area contributed by atoms with Crippen LogP contribution in [0.4, 0.5) is 5.69 Å². The Hall–Kier alpha value is -2.54. The van der Waals surface area contributed by atoms with Crippen LogP contribution in [0.3, 0.4) is 0 Å². The molecule has 0 radical (unpaired) electrons. The van der Waals surface area contributed by atoms with Gasteiger partial charge in [0.1, 0.15) is 5.75 Å². The number of carbonyl (C=O) groups excluding carboxylic acids is 1. The van der Waals surface area contributed by atoms with Gasteiger partial charge in [-0.2, -0.15) is 0 Å². The Bertz CT molecular complexity index is 955. The predicted molar refractivity (Wildman–Crippen MR) is 117 cm³/mol. The quantitative estimate of drug-likeness (QED) is 0.709. The van der Waals surface area contributed by atoms with Gasteiger partial charge in [0.25, 0.3) is 5.91 Å². The van der Waals surface area contributed by atoms with E-state index in [1.54, 1.807) is 31.2 Å². The summed E-state index contributed by atoms with van der Waals surface area (Å²) in [6.07, 6.45) is 1.23. The van der Waals surface area contributed by atoms with Crippen molar-refractivity contribution in [1.82, 2.24) is 5.32 Å². The summed E-state index contributed by atoms with van der Waals surface area (Å²) < 4.78 is 30.2. The monoisotopic (exact) mass is 418 g/mol. The third-order valence-electron chi connectivity index (χ3n) is 4.91. The summed E-state index contributed by atoms with van der Waals surface area (Å²) in [4.78, 5) is 12.7. The normalized spacial score (nSPS) is 13.4. The molecule has 0 spiro atoms. The van der Waals surface area contributed by atoms with E-state index in [1.165, 1.54) is 16.9 Å². The zero-order valence-electron chi connectivity index (χ0n) is 17.9. The molecule has 2 unspecified atom stereocenters. The number of hydrogen-bond donors (Lipinski definition) is 1. The molecule has 2 atom stereocenters. The third-order valence-corrected chi connectivity index (χ3v) is 6.11. The average Bonchev–Trinajstić information content (AvgIpc) is 2.65. The molecule has 1 amide bonds. The number of ether oxygens (including phenoxy) is 1. The van der Waals surface area contributed by atoms with E-state index in [9.17, 15) is 13.2 Å². The van der Waals surface area contributed by atoms with E-state index in [0.29, 0.717) is 11.4 Å². The molecule has 2 aromatic rings. The Morgan fingerprint density at radius 3 is 2.28 bits per heavy atom. The fourth-order valence-corrected chi connectivity index (χ4v) is 3.59. The highest BCUT2D eigenvalue weighted by Crippen LogP contribution is 2.23. The van der Waals surface area contributed by atoms with E-state index in [0.717, 1.165) is 23.8 Å². The van der Waals surface area contributed by atoms with Crippen molar-refractivity contribution in [3.63, 3.8) is 0 Å². The highest BCUT2D eigenvalue weighted by molar-refractivity contribution is 7.92. The maximum Gasteiger partial charge on any atom is 0.261 e. The van der Waals surface area contributed by atoms with Gasteiger partial charge in [-0.15, -0.1) is 0 Å². The van der Waals surface area contributed by atoms with Gasteiger partial charge in [0.15, 0.2) is 6.10 Å². The molecule has 0 bridgehead atoms. The summed E-state index contributed by atoms with van der Waals surface area (Å²) >= 11 is 0. The number of benzene rings is 2. The van der Waals surface area contributed by atoms with Crippen LogP contribution in [0, 0.1) is 13.8 Å². The highest BCUT2D eigenvalue weighted by Gasteiger charge is 2.20. The van der Waals surface area contributed by atoms with Crippen LogP contribution in [-0.2, 0) is 14.8 Å². The lowest BCUT2D eigenvalue weighted by Crippen LogP contribution is -2.38. The first-order valence-corrected chi connectivity index (χ1v) is 11.5. The van der Waals surface area contributed by atoms with E-state index in [-0.39, 0.29) is 11.9 Å². The van der Waals surface area contributed by atoms with E-state index in [4.69, 9.17) is 4.74 Å². The lowest BCUT2D eigenvalue weighted by atomic mass is 9.97. The number of rotatable bonds is 8. The van der Waals surface area contributed by atoms with Crippen LogP contribution in [0.1, 0.15) is 43.0 Å². The molecule has 0 aliphatic heterocycles. The zero-order chi connectivity index (χ0) is 21.8. The number of aryl methyl sites for hydroxylation is 2. The number of carbonyl (C=O) groups is 1. The first-order valence-electron chi connectivity index (χ1n) is 9.61. The summed E-state index contributed by atoms with van der Waals surface area (Å²) in [6.45, 7) is 7.82. The van der Waals surface area contributed by atoms with Crippen LogP contribution in [0.2, 0.25) is 0 Å². The highest BCUT2D eigenvalue weighted by atomic mass is 32.2.